The Morgan fingerprint density at radius 2 is 2.50 bits per heavy atom. The third-order valence-corrected chi connectivity index (χ3v) is 1.40. The van der Waals surface area contributed by atoms with E-state index in [1.54, 1.807) is 31.5 Å². The first-order valence-corrected chi connectivity index (χ1v) is 3.65. The predicted octanol–water partition coefficient (Wildman–Crippen LogP) is 1.10. The van der Waals surface area contributed by atoms with E-state index < -0.39 is 0 Å². The van der Waals surface area contributed by atoms with Crippen molar-refractivity contribution in [2.24, 2.45) is 0 Å². The predicted molar refractivity (Wildman–Crippen MR) is 46.9 cm³/mol. The van der Waals surface area contributed by atoms with Crippen LogP contribution in [0.15, 0.2) is 24.4 Å². The summed E-state index contributed by atoms with van der Waals surface area (Å²) in [6.45, 7) is 0.0136. The highest BCUT2D eigenvalue weighted by Crippen LogP contribution is 2.15. The molecule has 1 aromatic rings. The average Bonchev–Trinajstić information content (AvgIpc) is 2.15. The van der Waals surface area contributed by atoms with E-state index in [0.29, 0.717) is 5.75 Å². The molecular formula is C9H11NO2. The number of hydrogen-bond donors (Lipinski definition) is 1. The van der Waals surface area contributed by atoms with Crippen LogP contribution in [0.25, 0.3) is 6.08 Å². The van der Waals surface area contributed by atoms with E-state index in [1.807, 2.05) is 6.07 Å². The smallest absolute Gasteiger partial charge is 0.144 e. The fourth-order valence-electron chi connectivity index (χ4n) is 0.865. The summed E-state index contributed by atoms with van der Waals surface area (Å²) in [6.07, 6.45) is 5.02. The van der Waals surface area contributed by atoms with E-state index >= 15 is 0 Å². The van der Waals surface area contributed by atoms with Crippen LogP contribution in [0.2, 0.25) is 0 Å². The molecule has 1 rings (SSSR count). The molecule has 0 radical (unpaired) electrons. The molecule has 0 atom stereocenters. The molecule has 0 amide bonds. The number of nitrogens with zero attached hydrogens (tertiary/aromatic N) is 1. The summed E-state index contributed by atoms with van der Waals surface area (Å²) in [4.78, 5) is 4.06. The fourth-order valence-corrected chi connectivity index (χ4v) is 0.865. The molecule has 0 saturated carbocycles. The second kappa shape index (κ2) is 4.51. The Labute approximate surface area is 71.3 Å². The van der Waals surface area contributed by atoms with Gasteiger partial charge in [0.1, 0.15) is 11.4 Å². The van der Waals surface area contributed by atoms with Gasteiger partial charge < -0.3 is 9.84 Å². The second-order valence-electron chi connectivity index (χ2n) is 2.18. The van der Waals surface area contributed by atoms with Crippen LogP contribution in [0.3, 0.4) is 0 Å². The Hall–Kier alpha value is -1.35. The van der Waals surface area contributed by atoms with Gasteiger partial charge in [-0.3, -0.25) is 4.98 Å². The lowest BCUT2D eigenvalue weighted by Gasteiger charge is -2.01. The second-order valence-corrected chi connectivity index (χ2v) is 2.18. The first-order valence-electron chi connectivity index (χ1n) is 3.65. The van der Waals surface area contributed by atoms with Crippen molar-refractivity contribution >= 4 is 6.08 Å². The lowest BCUT2D eigenvalue weighted by Crippen LogP contribution is -1.89. The minimum atomic E-state index is 0.0136. The number of pyridine rings is 1. The molecule has 0 aliphatic heterocycles. The zero-order chi connectivity index (χ0) is 8.81. The van der Waals surface area contributed by atoms with Crippen molar-refractivity contribution < 1.29 is 9.84 Å². The summed E-state index contributed by atoms with van der Waals surface area (Å²) in [6, 6.07) is 3.62. The van der Waals surface area contributed by atoms with Gasteiger partial charge in [0.2, 0.25) is 0 Å². The number of ether oxygens (including phenoxy) is 1. The van der Waals surface area contributed by atoms with E-state index in [2.05, 4.69) is 4.98 Å². The number of rotatable bonds is 3. The summed E-state index contributed by atoms with van der Waals surface area (Å²) in [5.41, 5.74) is 0.731. The quantitative estimate of drug-likeness (QED) is 0.729. The first-order chi connectivity index (χ1) is 5.88. The van der Waals surface area contributed by atoms with Crippen LogP contribution in [0.1, 0.15) is 5.69 Å². The van der Waals surface area contributed by atoms with Crippen LogP contribution < -0.4 is 4.74 Å². The topological polar surface area (TPSA) is 42.4 Å². The monoisotopic (exact) mass is 165 g/mol. The lowest BCUT2D eigenvalue weighted by atomic mass is 10.3. The minimum Gasteiger partial charge on any atom is -0.494 e. The zero-order valence-electron chi connectivity index (χ0n) is 6.90. The van der Waals surface area contributed by atoms with Crippen LogP contribution in [0, 0.1) is 0 Å². The normalized spacial score (nSPS) is 10.5. The van der Waals surface area contributed by atoms with Gasteiger partial charge in [0.25, 0.3) is 0 Å². The van der Waals surface area contributed by atoms with E-state index in [-0.39, 0.29) is 6.61 Å². The molecule has 0 fully saturated rings. The average molecular weight is 165 g/mol. The molecular weight excluding hydrogens is 154 g/mol. The Bertz CT molecular complexity index is 271. The Morgan fingerprint density at radius 3 is 3.17 bits per heavy atom. The van der Waals surface area contributed by atoms with Gasteiger partial charge in [-0.05, 0) is 18.2 Å². The number of aliphatic hydroxyl groups is 1. The van der Waals surface area contributed by atoms with Gasteiger partial charge in [-0.25, -0.2) is 0 Å². The van der Waals surface area contributed by atoms with Gasteiger partial charge in [-0.15, -0.1) is 0 Å². The summed E-state index contributed by atoms with van der Waals surface area (Å²) in [7, 11) is 1.59. The van der Waals surface area contributed by atoms with Gasteiger partial charge >= 0.3 is 0 Å². The maximum atomic E-state index is 8.54. The van der Waals surface area contributed by atoms with Crippen LogP contribution in [-0.2, 0) is 0 Å². The van der Waals surface area contributed by atoms with E-state index in [1.165, 1.54) is 0 Å². The molecule has 0 aromatic carbocycles. The summed E-state index contributed by atoms with van der Waals surface area (Å²) in [5.74, 6) is 0.710. The van der Waals surface area contributed by atoms with E-state index in [0.717, 1.165) is 5.69 Å². The highest BCUT2D eigenvalue weighted by molar-refractivity contribution is 5.52. The maximum Gasteiger partial charge on any atom is 0.144 e. The minimum absolute atomic E-state index is 0.0136. The molecule has 0 aliphatic carbocycles. The molecule has 1 heterocycles. The van der Waals surface area contributed by atoms with E-state index in [4.69, 9.17) is 9.84 Å². The molecule has 1 aromatic heterocycles. The van der Waals surface area contributed by atoms with Crippen LogP contribution in [-0.4, -0.2) is 23.8 Å². The third-order valence-electron chi connectivity index (χ3n) is 1.40. The van der Waals surface area contributed by atoms with Crippen molar-refractivity contribution in [2.45, 2.75) is 0 Å². The van der Waals surface area contributed by atoms with Crippen molar-refractivity contribution in [2.75, 3.05) is 13.7 Å². The van der Waals surface area contributed by atoms with Crippen LogP contribution in [0.5, 0.6) is 5.75 Å². The highest BCUT2D eigenvalue weighted by atomic mass is 16.5. The van der Waals surface area contributed by atoms with Gasteiger partial charge in [0.05, 0.1) is 13.7 Å². The molecule has 12 heavy (non-hydrogen) atoms. The fraction of sp³-hybridized carbons (Fsp3) is 0.222. The van der Waals surface area contributed by atoms with Gasteiger partial charge in [-0.2, -0.15) is 0 Å². The summed E-state index contributed by atoms with van der Waals surface area (Å²) >= 11 is 0. The Morgan fingerprint density at radius 1 is 1.67 bits per heavy atom. The largest absolute Gasteiger partial charge is 0.494 e. The molecule has 0 bridgehead atoms. The van der Waals surface area contributed by atoms with Crippen LogP contribution in [0.4, 0.5) is 0 Å². The molecule has 3 heteroatoms. The number of aromatic nitrogens is 1. The molecule has 64 valence electrons. The molecule has 0 spiro atoms. The summed E-state index contributed by atoms with van der Waals surface area (Å²) in [5, 5.41) is 8.54. The molecule has 0 unspecified atom stereocenters. The van der Waals surface area contributed by atoms with Gasteiger partial charge in [0.15, 0.2) is 0 Å². The first kappa shape index (κ1) is 8.74. The SMILES string of the molecule is COc1cccnc1C=CCO. The van der Waals surface area contributed by atoms with E-state index in [9.17, 15) is 0 Å². The maximum absolute atomic E-state index is 8.54. The molecule has 1 N–H and O–H groups in total. The molecule has 0 saturated heterocycles. The number of aliphatic hydroxyl groups excluding tert-OH is 1. The Balaban J connectivity index is 2.89. The number of hydrogen-bond acceptors (Lipinski definition) is 3. The van der Waals surface area contributed by atoms with Crippen molar-refractivity contribution in [3.63, 3.8) is 0 Å². The summed E-state index contributed by atoms with van der Waals surface area (Å²) < 4.78 is 5.05. The Kier molecular flexibility index (Phi) is 3.29. The molecule has 0 aliphatic rings. The zero-order valence-corrected chi connectivity index (χ0v) is 6.90. The van der Waals surface area contributed by atoms with Gasteiger partial charge in [0, 0.05) is 6.20 Å². The van der Waals surface area contributed by atoms with Crippen molar-refractivity contribution in [3.8, 4) is 5.75 Å². The van der Waals surface area contributed by atoms with Gasteiger partial charge in [-0.1, -0.05) is 6.08 Å². The highest BCUT2D eigenvalue weighted by Gasteiger charge is 1.96. The number of methoxy groups -OCH3 is 1. The third kappa shape index (κ3) is 2.07. The van der Waals surface area contributed by atoms with Crippen LogP contribution >= 0.6 is 0 Å². The van der Waals surface area contributed by atoms with Crippen molar-refractivity contribution in [1.29, 1.82) is 0 Å². The van der Waals surface area contributed by atoms with Crippen molar-refractivity contribution in [1.82, 2.24) is 4.98 Å². The lowest BCUT2D eigenvalue weighted by molar-refractivity contribution is 0.343. The molecule has 3 nitrogen and oxygen atoms in total. The van der Waals surface area contributed by atoms with Crippen molar-refractivity contribution in [3.05, 3.63) is 30.1 Å². The standard InChI is InChI=1S/C9H11NO2/c1-12-9-5-2-6-10-8(9)4-3-7-11/h2-6,11H,7H2,1H3.